The molecule has 0 aliphatic carbocycles. The van der Waals surface area contributed by atoms with Crippen molar-refractivity contribution in [2.45, 2.75) is 66.3 Å². The maximum atomic E-state index is 3.61. The molecule has 0 spiro atoms. The molecule has 14 heavy (non-hydrogen) atoms. The van der Waals surface area contributed by atoms with Crippen LogP contribution in [0.3, 0.4) is 0 Å². The van der Waals surface area contributed by atoms with Crippen LogP contribution < -0.4 is 5.32 Å². The number of rotatable bonds is 8. The van der Waals surface area contributed by atoms with E-state index in [4.69, 9.17) is 0 Å². The quantitative estimate of drug-likeness (QED) is 0.626. The van der Waals surface area contributed by atoms with Crippen LogP contribution in [0.4, 0.5) is 0 Å². The fourth-order valence-corrected chi connectivity index (χ4v) is 2.14. The van der Waals surface area contributed by atoms with E-state index < -0.39 is 0 Å². The van der Waals surface area contributed by atoms with Crippen molar-refractivity contribution < 1.29 is 0 Å². The fraction of sp³-hybridized carbons (Fsp3) is 1.00. The lowest BCUT2D eigenvalue weighted by atomic mass is 9.90. The van der Waals surface area contributed by atoms with Gasteiger partial charge in [0, 0.05) is 6.04 Å². The average molecular weight is 199 g/mol. The Morgan fingerprint density at radius 1 is 0.929 bits per heavy atom. The van der Waals surface area contributed by atoms with Crippen molar-refractivity contribution in [1.29, 1.82) is 0 Å². The molecule has 0 amide bonds. The van der Waals surface area contributed by atoms with E-state index in [0.29, 0.717) is 0 Å². The number of nitrogens with one attached hydrogen (secondary N) is 1. The summed E-state index contributed by atoms with van der Waals surface area (Å²) in [6.07, 6.45) is 5.34. The fourth-order valence-electron chi connectivity index (χ4n) is 2.14. The summed E-state index contributed by atoms with van der Waals surface area (Å²) in [6, 6.07) is 0.741. The van der Waals surface area contributed by atoms with Crippen LogP contribution in [-0.2, 0) is 0 Å². The van der Waals surface area contributed by atoms with E-state index in [1.165, 1.54) is 25.7 Å². The molecule has 0 saturated carbocycles. The molecule has 0 aromatic heterocycles. The van der Waals surface area contributed by atoms with Crippen LogP contribution in [0.5, 0.6) is 0 Å². The Labute approximate surface area is 90.7 Å². The minimum absolute atomic E-state index is 0.741. The van der Waals surface area contributed by atoms with Crippen LogP contribution >= 0.6 is 0 Å². The zero-order valence-corrected chi connectivity index (χ0v) is 10.8. The van der Waals surface area contributed by atoms with E-state index in [2.05, 4.69) is 39.9 Å². The highest BCUT2D eigenvalue weighted by Crippen LogP contribution is 2.18. The lowest BCUT2D eigenvalue weighted by molar-refractivity contribution is 0.330. The molecule has 1 atom stereocenters. The third kappa shape index (κ3) is 6.42. The second kappa shape index (κ2) is 8.28. The van der Waals surface area contributed by atoms with Crippen molar-refractivity contribution in [2.75, 3.05) is 6.54 Å². The monoisotopic (exact) mass is 199 g/mol. The van der Waals surface area contributed by atoms with Gasteiger partial charge in [-0.3, -0.25) is 0 Å². The Morgan fingerprint density at radius 2 is 1.50 bits per heavy atom. The second-order valence-electron chi connectivity index (χ2n) is 4.80. The van der Waals surface area contributed by atoms with E-state index in [0.717, 1.165) is 24.4 Å². The molecule has 0 bridgehead atoms. The van der Waals surface area contributed by atoms with Crippen LogP contribution in [0.25, 0.3) is 0 Å². The van der Waals surface area contributed by atoms with Gasteiger partial charge in [-0.1, -0.05) is 47.5 Å². The first-order chi connectivity index (χ1) is 6.63. The van der Waals surface area contributed by atoms with Crippen molar-refractivity contribution in [1.82, 2.24) is 5.32 Å². The predicted molar refractivity (Wildman–Crippen MR) is 65.6 cm³/mol. The summed E-state index contributed by atoms with van der Waals surface area (Å²) in [5.41, 5.74) is 0. The molecule has 0 fully saturated rings. The molecular formula is C13H29N. The summed E-state index contributed by atoms with van der Waals surface area (Å²) >= 11 is 0. The maximum absolute atomic E-state index is 3.61. The lowest BCUT2D eigenvalue weighted by Crippen LogP contribution is -2.32. The van der Waals surface area contributed by atoms with E-state index in [9.17, 15) is 0 Å². The van der Waals surface area contributed by atoms with E-state index >= 15 is 0 Å². The molecule has 0 radical (unpaired) electrons. The van der Waals surface area contributed by atoms with Crippen molar-refractivity contribution >= 4 is 0 Å². The molecule has 1 nitrogen and oxygen atoms in total. The molecule has 86 valence electrons. The zero-order valence-electron chi connectivity index (χ0n) is 10.8. The van der Waals surface area contributed by atoms with Crippen LogP contribution in [0.15, 0.2) is 0 Å². The SMILES string of the molecule is CCNC(CC(C)C)CC(CC)CC. The van der Waals surface area contributed by atoms with E-state index in [-0.39, 0.29) is 0 Å². The second-order valence-corrected chi connectivity index (χ2v) is 4.80. The van der Waals surface area contributed by atoms with Gasteiger partial charge < -0.3 is 5.32 Å². The smallest absolute Gasteiger partial charge is 0.00720 e. The molecule has 0 rings (SSSR count). The molecule has 0 aliphatic rings. The highest BCUT2D eigenvalue weighted by atomic mass is 14.9. The van der Waals surface area contributed by atoms with Gasteiger partial charge in [0.15, 0.2) is 0 Å². The van der Waals surface area contributed by atoms with Crippen molar-refractivity contribution in [2.24, 2.45) is 11.8 Å². The summed E-state index contributed by atoms with van der Waals surface area (Å²) < 4.78 is 0. The Hall–Kier alpha value is -0.0400. The maximum Gasteiger partial charge on any atom is 0.00720 e. The predicted octanol–water partition coefficient (Wildman–Crippen LogP) is 3.84. The molecule has 0 aromatic rings. The van der Waals surface area contributed by atoms with Gasteiger partial charge >= 0.3 is 0 Å². The van der Waals surface area contributed by atoms with Gasteiger partial charge in [0.1, 0.15) is 0 Å². The van der Waals surface area contributed by atoms with E-state index in [1.54, 1.807) is 0 Å². The Balaban J connectivity index is 3.92. The van der Waals surface area contributed by atoms with Gasteiger partial charge in [0.2, 0.25) is 0 Å². The van der Waals surface area contributed by atoms with Crippen LogP contribution in [0.2, 0.25) is 0 Å². The standard InChI is InChI=1S/C13H29N/c1-6-12(7-2)10-13(14-8-3)9-11(4)5/h11-14H,6-10H2,1-5H3. The van der Waals surface area contributed by atoms with Crippen molar-refractivity contribution in [3.05, 3.63) is 0 Å². The number of hydrogen-bond donors (Lipinski definition) is 1. The largest absolute Gasteiger partial charge is 0.314 e. The first-order valence-electron chi connectivity index (χ1n) is 6.37. The minimum Gasteiger partial charge on any atom is -0.314 e. The first-order valence-corrected chi connectivity index (χ1v) is 6.37. The summed E-state index contributed by atoms with van der Waals surface area (Å²) in [5, 5.41) is 3.61. The van der Waals surface area contributed by atoms with Gasteiger partial charge in [-0.25, -0.2) is 0 Å². The lowest BCUT2D eigenvalue weighted by Gasteiger charge is -2.24. The Morgan fingerprint density at radius 3 is 1.86 bits per heavy atom. The molecular weight excluding hydrogens is 170 g/mol. The first kappa shape index (κ1) is 14.0. The molecule has 1 unspecified atom stereocenters. The summed E-state index contributed by atoms with van der Waals surface area (Å²) in [5.74, 6) is 1.73. The Bertz CT molecular complexity index is 116. The minimum atomic E-state index is 0.741. The summed E-state index contributed by atoms with van der Waals surface area (Å²) in [6.45, 7) is 12.6. The average Bonchev–Trinajstić information content (AvgIpc) is 2.13. The van der Waals surface area contributed by atoms with Crippen LogP contribution in [0, 0.1) is 11.8 Å². The summed E-state index contributed by atoms with van der Waals surface area (Å²) in [4.78, 5) is 0. The molecule has 1 N–H and O–H groups in total. The molecule has 0 aliphatic heterocycles. The van der Waals surface area contributed by atoms with Crippen LogP contribution in [0.1, 0.15) is 60.3 Å². The summed E-state index contributed by atoms with van der Waals surface area (Å²) in [7, 11) is 0. The van der Waals surface area contributed by atoms with Gasteiger partial charge in [-0.15, -0.1) is 0 Å². The highest BCUT2D eigenvalue weighted by molar-refractivity contribution is 4.71. The Kier molecular flexibility index (Phi) is 8.26. The normalized spacial score (nSPS) is 13.9. The van der Waals surface area contributed by atoms with Gasteiger partial charge in [0.25, 0.3) is 0 Å². The molecule has 1 heteroatoms. The zero-order chi connectivity index (χ0) is 11.0. The van der Waals surface area contributed by atoms with Crippen molar-refractivity contribution in [3.63, 3.8) is 0 Å². The third-order valence-electron chi connectivity index (χ3n) is 3.02. The topological polar surface area (TPSA) is 12.0 Å². The van der Waals surface area contributed by atoms with Gasteiger partial charge in [0.05, 0.1) is 0 Å². The third-order valence-corrected chi connectivity index (χ3v) is 3.02. The van der Waals surface area contributed by atoms with E-state index in [1.807, 2.05) is 0 Å². The van der Waals surface area contributed by atoms with Gasteiger partial charge in [-0.05, 0) is 31.2 Å². The molecule has 0 saturated heterocycles. The molecule has 0 aromatic carbocycles. The number of hydrogen-bond acceptors (Lipinski definition) is 1. The molecule has 0 heterocycles. The highest BCUT2D eigenvalue weighted by Gasteiger charge is 2.14. The van der Waals surface area contributed by atoms with Crippen molar-refractivity contribution in [3.8, 4) is 0 Å². The van der Waals surface area contributed by atoms with Gasteiger partial charge in [-0.2, -0.15) is 0 Å². The van der Waals surface area contributed by atoms with Crippen LogP contribution in [-0.4, -0.2) is 12.6 Å².